The molecule has 0 spiro atoms. The first-order valence-corrected chi connectivity index (χ1v) is 13.4. The molecule has 0 bridgehead atoms. The average Bonchev–Trinajstić information content (AvgIpc) is 3.59. The number of amides is 1. The number of hydrogen-bond donors (Lipinski definition) is 1. The number of nitrogens with zero attached hydrogens (tertiary/aromatic N) is 2. The van der Waals surface area contributed by atoms with Gasteiger partial charge < -0.3 is 19.2 Å². The lowest BCUT2D eigenvalue weighted by Gasteiger charge is -2.60. The number of ether oxygens (including phenoxy) is 1. The van der Waals surface area contributed by atoms with Crippen molar-refractivity contribution in [1.82, 2.24) is 9.80 Å². The van der Waals surface area contributed by atoms with Gasteiger partial charge in [0.05, 0.1) is 6.26 Å². The number of furan rings is 1. The summed E-state index contributed by atoms with van der Waals surface area (Å²) in [5, 5.41) is 10.4. The van der Waals surface area contributed by atoms with Gasteiger partial charge in [0.25, 0.3) is 0 Å². The van der Waals surface area contributed by atoms with Gasteiger partial charge in [0, 0.05) is 50.2 Å². The number of likely N-dealkylation sites (tertiary alicyclic amines) is 1. The van der Waals surface area contributed by atoms with Crippen LogP contribution in [-0.2, 0) is 19.7 Å². The summed E-state index contributed by atoms with van der Waals surface area (Å²) in [4.78, 5) is 30.0. The summed E-state index contributed by atoms with van der Waals surface area (Å²) in [6, 6.07) is 9.22. The van der Waals surface area contributed by atoms with Gasteiger partial charge in [0.2, 0.25) is 5.91 Å². The number of likely N-dealkylation sites (N-methyl/N-ethyl adjacent to an activating group) is 1. The molecule has 1 aliphatic heterocycles. The smallest absolute Gasteiger partial charge is 0.303 e. The molecule has 1 N–H and O–H groups in total. The van der Waals surface area contributed by atoms with Crippen LogP contribution in [0.2, 0.25) is 0 Å². The molecule has 7 heteroatoms. The van der Waals surface area contributed by atoms with Crippen molar-refractivity contribution in [2.45, 2.75) is 69.4 Å². The quantitative estimate of drug-likeness (QED) is 0.434. The highest BCUT2D eigenvalue weighted by atomic mass is 16.6. The van der Waals surface area contributed by atoms with Gasteiger partial charge in [0.1, 0.15) is 17.1 Å². The third-order valence-electron chi connectivity index (χ3n) is 8.82. The van der Waals surface area contributed by atoms with Crippen LogP contribution in [0.4, 0.5) is 0 Å². The van der Waals surface area contributed by atoms with Gasteiger partial charge in [-0.15, -0.1) is 0 Å². The highest BCUT2D eigenvalue weighted by Crippen LogP contribution is 2.55. The Labute approximate surface area is 219 Å². The van der Waals surface area contributed by atoms with Crippen LogP contribution in [0.15, 0.2) is 47.1 Å². The number of carbonyl (C=O) groups is 2. The highest BCUT2D eigenvalue weighted by Gasteiger charge is 2.61. The van der Waals surface area contributed by atoms with Crippen molar-refractivity contribution in [2.24, 2.45) is 5.92 Å². The highest BCUT2D eigenvalue weighted by molar-refractivity contribution is 5.92. The van der Waals surface area contributed by atoms with E-state index in [0.29, 0.717) is 19.4 Å². The predicted molar refractivity (Wildman–Crippen MR) is 141 cm³/mol. The van der Waals surface area contributed by atoms with Crippen LogP contribution in [0.5, 0.6) is 5.75 Å². The molecule has 5 rings (SSSR count). The van der Waals surface area contributed by atoms with Crippen molar-refractivity contribution >= 4 is 18.0 Å². The average molecular weight is 507 g/mol. The summed E-state index contributed by atoms with van der Waals surface area (Å²) in [5.41, 5.74) is 0.664. The van der Waals surface area contributed by atoms with Gasteiger partial charge in [-0.25, -0.2) is 0 Å². The van der Waals surface area contributed by atoms with E-state index in [1.54, 1.807) is 24.5 Å². The van der Waals surface area contributed by atoms with Crippen molar-refractivity contribution in [3.8, 4) is 5.75 Å². The van der Waals surface area contributed by atoms with Crippen LogP contribution in [-0.4, -0.2) is 65.1 Å². The van der Waals surface area contributed by atoms with Crippen molar-refractivity contribution in [3.63, 3.8) is 0 Å². The SMILES string of the molecule is CC(=O)O[C@]12CC[C@@H](N(C)C(=O)/C=C/c3ccoc3C)C[C@]1(c1cccc(O)c1)CCN(CC1CC1)C2. The molecule has 2 aliphatic carbocycles. The van der Waals surface area contributed by atoms with Crippen LogP contribution >= 0.6 is 0 Å². The van der Waals surface area contributed by atoms with Crippen LogP contribution in [0, 0.1) is 12.8 Å². The van der Waals surface area contributed by atoms with Crippen molar-refractivity contribution in [3.05, 3.63) is 59.6 Å². The molecule has 0 unspecified atom stereocenters. The van der Waals surface area contributed by atoms with Crippen LogP contribution < -0.4 is 0 Å². The summed E-state index contributed by atoms with van der Waals surface area (Å²) in [6.07, 6.45) is 10.4. The second kappa shape index (κ2) is 10.0. The maximum Gasteiger partial charge on any atom is 0.303 e. The van der Waals surface area contributed by atoms with E-state index in [1.165, 1.54) is 19.8 Å². The normalized spacial score (nSPS) is 28.1. The predicted octanol–water partition coefficient (Wildman–Crippen LogP) is 4.67. The molecule has 3 aliphatic rings. The Morgan fingerprint density at radius 1 is 1.24 bits per heavy atom. The van der Waals surface area contributed by atoms with Crippen LogP contribution in [0.25, 0.3) is 6.08 Å². The molecule has 1 aromatic heterocycles. The fourth-order valence-corrected chi connectivity index (χ4v) is 6.64. The van der Waals surface area contributed by atoms with Gasteiger partial charge in [-0.05, 0) is 87.7 Å². The second-order valence-electron chi connectivity index (χ2n) is 11.3. The van der Waals surface area contributed by atoms with Gasteiger partial charge in [-0.1, -0.05) is 12.1 Å². The fraction of sp³-hybridized carbons (Fsp3) is 0.533. The summed E-state index contributed by atoms with van der Waals surface area (Å²) in [7, 11) is 1.86. The number of carbonyl (C=O) groups excluding carboxylic acids is 2. The lowest BCUT2D eigenvalue weighted by atomic mass is 9.55. The summed E-state index contributed by atoms with van der Waals surface area (Å²) < 4.78 is 11.7. The first-order valence-electron chi connectivity index (χ1n) is 13.4. The molecule has 3 fully saturated rings. The molecule has 198 valence electrons. The third kappa shape index (κ3) is 5.06. The Morgan fingerprint density at radius 3 is 2.73 bits per heavy atom. The van der Waals surface area contributed by atoms with Crippen molar-refractivity contribution < 1.29 is 23.8 Å². The standard InChI is InChI=1S/C30H38N2O5/c1-21-24(12-16-36-21)9-10-28(35)31(3)26-11-13-30(37-22(2)33)20-32(19-23-7-8-23)15-14-29(30,18-26)25-5-4-6-27(34)17-25/h4-6,9-10,12,16-17,23,26,34H,7-8,11,13-15,18-20H2,1-3H3/b10-9+/t26-,29+,30+/m1/s1. The zero-order valence-electron chi connectivity index (χ0n) is 22.1. The van der Waals surface area contributed by atoms with Gasteiger partial charge in [-0.2, -0.15) is 0 Å². The minimum atomic E-state index is -0.704. The lowest BCUT2D eigenvalue weighted by molar-refractivity contribution is -0.190. The lowest BCUT2D eigenvalue weighted by Crippen LogP contribution is -2.68. The number of phenolic OH excluding ortho intramolecular Hbond substituents is 1. The summed E-state index contributed by atoms with van der Waals surface area (Å²) in [6.45, 7) is 5.99. The molecule has 3 atom stereocenters. The van der Waals surface area contributed by atoms with E-state index >= 15 is 0 Å². The summed E-state index contributed by atoms with van der Waals surface area (Å²) in [5.74, 6) is 1.38. The second-order valence-corrected chi connectivity index (χ2v) is 11.3. The number of hydrogen-bond acceptors (Lipinski definition) is 6. The molecule has 2 heterocycles. The number of aryl methyl sites for hydroxylation is 1. The van der Waals surface area contributed by atoms with Crippen LogP contribution in [0.3, 0.4) is 0 Å². The van der Waals surface area contributed by atoms with Gasteiger partial charge >= 0.3 is 5.97 Å². The number of rotatable bonds is 7. The minimum absolute atomic E-state index is 0.0244. The largest absolute Gasteiger partial charge is 0.508 e. The zero-order chi connectivity index (χ0) is 26.2. The number of phenols is 1. The molecule has 37 heavy (non-hydrogen) atoms. The third-order valence-corrected chi connectivity index (χ3v) is 8.82. The number of aromatic hydroxyl groups is 1. The Hall–Kier alpha value is -3.06. The van der Waals surface area contributed by atoms with E-state index in [0.717, 1.165) is 48.7 Å². The van der Waals surface area contributed by atoms with E-state index in [9.17, 15) is 14.7 Å². The molecule has 1 amide bonds. The molecule has 1 aromatic carbocycles. The zero-order valence-corrected chi connectivity index (χ0v) is 22.1. The number of esters is 1. The Bertz CT molecular complexity index is 1180. The fourth-order valence-electron chi connectivity index (χ4n) is 6.64. The van der Waals surface area contributed by atoms with Gasteiger partial charge in [0.15, 0.2) is 0 Å². The van der Waals surface area contributed by atoms with E-state index in [1.807, 2.05) is 43.1 Å². The van der Waals surface area contributed by atoms with E-state index in [-0.39, 0.29) is 23.7 Å². The molecule has 2 aromatic rings. The Kier molecular flexibility index (Phi) is 6.92. The van der Waals surface area contributed by atoms with Gasteiger partial charge in [-0.3, -0.25) is 14.5 Å². The monoisotopic (exact) mass is 506 g/mol. The maximum absolute atomic E-state index is 13.2. The number of fused-ring (bicyclic) bond motifs is 1. The molecular weight excluding hydrogens is 468 g/mol. The van der Waals surface area contributed by atoms with E-state index in [2.05, 4.69) is 4.90 Å². The molecule has 7 nitrogen and oxygen atoms in total. The maximum atomic E-state index is 13.2. The van der Waals surface area contributed by atoms with Crippen molar-refractivity contribution in [2.75, 3.05) is 26.7 Å². The topological polar surface area (TPSA) is 83.2 Å². The molecule has 2 saturated carbocycles. The molecule has 1 saturated heterocycles. The minimum Gasteiger partial charge on any atom is -0.508 e. The molecule has 0 radical (unpaired) electrons. The molecular formula is C30H38N2O5. The van der Waals surface area contributed by atoms with E-state index in [4.69, 9.17) is 9.15 Å². The van der Waals surface area contributed by atoms with Crippen LogP contribution in [0.1, 0.15) is 62.3 Å². The Balaban J connectivity index is 1.46. The number of piperidine rings is 1. The summed E-state index contributed by atoms with van der Waals surface area (Å²) >= 11 is 0. The number of benzene rings is 1. The first-order chi connectivity index (χ1) is 17.7. The Morgan fingerprint density at radius 2 is 2.05 bits per heavy atom. The first kappa shape index (κ1) is 25.6. The van der Waals surface area contributed by atoms with Crippen molar-refractivity contribution in [1.29, 1.82) is 0 Å². The van der Waals surface area contributed by atoms with E-state index < -0.39 is 11.0 Å².